The third-order valence-electron chi connectivity index (χ3n) is 4.81. The van der Waals surface area contributed by atoms with Crippen molar-refractivity contribution in [3.8, 4) is 0 Å². The molecule has 0 spiro atoms. The average Bonchev–Trinajstić information content (AvgIpc) is 2.85. The number of fused-ring (bicyclic) bond motifs is 1. The molecule has 1 aliphatic carbocycles. The van der Waals surface area contributed by atoms with Gasteiger partial charge in [0.15, 0.2) is 0 Å². The Labute approximate surface area is 153 Å². The third kappa shape index (κ3) is 4.51. The van der Waals surface area contributed by atoms with E-state index in [0.717, 1.165) is 5.57 Å². The van der Waals surface area contributed by atoms with Crippen LogP contribution in [0.25, 0.3) is 0 Å². The molecule has 0 aromatic rings. The molecular weight excluding hydrogens is 336 g/mol. The molecule has 2 aliphatic rings. The molecule has 4 atom stereocenters. The average molecular weight is 362 g/mol. The van der Waals surface area contributed by atoms with E-state index >= 15 is 0 Å². The van der Waals surface area contributed by atoms with E-state index in [1.807, 2.05) is 13.0 Å². The van der Waals surface area contributed by atoms with Crippen LogP contribution < -0.4 is 0 Å². The van der Waals surface area contributed by atoms with Crippen molar-refractivity contribution >= 4 is 11.9 Å². The first-order chi connectivity index (χ1) is 12.2. The highest BCUT2D eigenvalue weighted by Gasteiger charge is 2.44. The Bertz CT molecular complexity index is 684. The summed E-state index contributed by atoms with van der Waals surface area (Å²) in [6.07, 6.45) is 3.87. The van der Waals surface area contributed by atoms with Gasteiger partial charge in [0.25, 0.3) is 0 Å². The van der Waals surface area contributed by atoms with Crippen LogP contribution in [0.2, 0.25) is 0 Å². The zero-order chi connectivity index (χ0) is 19.4. The van der Waals surface area contributed by atoms with E-state index in [9.17, 15) is 14.7 Å². The minimum absolute atomic E-state index is 0.253. The molecule has 26 heavy (non-hydrogen) atoms. The van der Waals surface area contributed by atoms with Crippen molar-refractivity contribution in [2.45, 2.75) is 51.9 Å². The van der Waals surface area contributed by atoms with Crippen LogP contribution in [0.5, 0.6) is 0 Å². The maximum absolute atomic E-state index is 12.3. The summed E-state index contributed by atoms with van der Waals surface area (Å²) < 4.78 is 11.1. The third-order valence-corrected chi connectivity index (χ3v) is 4.81. The normalized spacial score (nSPS) is 34.1. The van der Waals surface area contributed by atoms with E-state index in [4.69, 9.17) is 14.6 Å². The minimum Gasteiger partial charge on any atom is -0.458 e. The summed E-state index contributed by atoms with van der Waals surface area (Å²) in [6, 6.07) is 0. The predicted octanol–water partition coefficient (Wildman–Crippen LogP) is 1.98. The first kappa shape index (κ1) is 20.1. The van der Waals surface area contributed by atoms with E-state index in [-0.39, 0.29) is 12.2 Å². The van der Waals surface area contributed by atoms with Gasteiger partial charge >= 0.3 is 11.9 Å². The summed E-state index contributed by atoms with van der Waals surface area (Å²) in [7, 11) is 0. The first-order valence-electron chi connectivity index (χ1n) is 8.65. The van der Waals surface area contributed by atoms with Crippen LogP contribution in [0.3, 0.4) is 0 Å². The summed E-state index contributed by atoms with van der Waals surface area (Å²) in [6.45, 7) is 8.79. The largest absolute Gasteiger partial charge is 0.458 e. The Balaban J connectivity index is 2.39. The number of rotatable bonds is 3. The van der Waals surface area contributed by atoms with Crippen molar-refractivity contribution in [3.63, 3.8) is 0 Å². The highest BCUT2D eigenvalue weighted by atomic mass is 16.6. The second-order valence-corrected chi connectivity index (χ2v) is 6.85. The van der Waals surface area contributed by atoms with E-state index < -0.39 is 36.2 Å². The van der Waals surface area contributed by atoms with Crippen molar-refractivity contribution in [2.24, 2.45) is 5.92 Å². The molecule has 0 bridgehead atoms. The quantitative estimate of drug-likeness (QED) is 0.453. The molecule has 1 heterocycles. The smallest absolute Gasteiger partial charge is 0.334 e. The van der Waals surface area contributed by atoms with Crippen LogP contribution in [0, 0.1) is 5.92 Å². The van der Waals surface area contributed by atoms with Gasteiger partial charge in [-0.2, -0.15) is 0 Å². The minimum atomic E-state index is -0.660. The molecule has 0 unspecified atom stereocenters. The summed E-state index contributed by atoms with van der Waals surface area (Å²) >= 11 is 0. The highest BCUT2D eigenvalue weighted by Crippen LogP contribution is 2.36. The van der Waals surface area contributed by atoms with Gasteiger partial charge in [-0.1, -0.05) is 18.2 Å². The highest BCUT2D eigenvalue weighted by molar-refractivity contribution is 5.92. The molecule has 1 saturated heterocycles. The zero-order valence-corrected chi connectivity index (χ0v) is 15.4. The number of aliphatic hydroxyl groups excluding tert-OH is 2. The lowest BCUT2D eigenvalue weighted by Crippen LogP contribution is -2.34. The molecule has 0 aromatic carbocycles. The van der Waals surface area contributed by atoms with Gasteiger partial charge in [0.05, 0.1) is 18.6 Å². The Morgan fingerprint density at radius 2 is 2.15 bits per heavy atom. The lowest BCUT2D eigenvalue weighted by molar-refractivity contribution is -0.147. The van der Waals surface area contributed by atoms with Crippen LogP contribution in [0.1, 0.15) is 33.6 Å². The molecule has 1 fully saturated rings. The molecular formula is C20H26O6. The number of hydrogen-bond acceptors (Lipinski definition) is 6. The topological polar surface area (TPSA) is 93.1 Å². The van der Waals surface area contributed by atoms with Gasteiger partial charge < -0.3 is 19.7 Å². The molecule has 2 N–H and O–H groups in total. The molecule has 6 nitrogen and oxygen atoms in total. The van der Waals surface area contributed by atoms with Gasteiger partial charge in [-0.25, -0.2) is 9.59 Å². The summed E-state index contributed by atoms with van der Waals surface area (Å²) in [4.78, 5) is 24.4. The summed E-state index contributed by atoms with van der Waals surface area (Å²) in [5, 5.41) is 19.2. The summed E-state index contributed by atoms with van der Waals surface area (Å²) in [5.74, 6) is -1.61. The van der Waals surface area contributed by atoms with Gasteiger partial charge in [0, 0.05) is 17.6 Å². The van der Waals surface area contributed by atoms with E-state index in [1.165, 1.54) is 6.08 Å². The molecule has 6 heteroatoms. The zero-order valence-electron chi connectivity index (χ0n) is 15.4. The van der Waals surface area contributed by atoms with E-state index in [1.54, 1.807) is 19.9 Å². The van der Waals surface area contributed by atoms with Gasteiger partial charge in [-0.3, -0.25) is 0 Å². The van der Waals surface area contributed by atoms with Crippen LogP contribution in [-0.2, 0) is 19.1 Å². The maximum atomic E-state index is 12.3. The van der Waals surface area contributed by atoms with E-state index in [0.29, 0.717) is 24.0 Å². The Morgan fingerprint density at radius 3 is 2.81 bits per heavy atom. The molecule has 0 amide bonds. The fourth-order valence-electron chi connectivity index (χ4n) is 3.14. The van der Waals surface area contributed by atoms with Crippen LogP contribution in [0.4, 0.5) is 0 Å². The van der Waals surface area contributed by atoms with Crippen LogP contribution >= 0.6 is 0 Å². The number of carbonyl (C=O) groups is 2. The van der Waals surface area contributed by atoms with Crippen molar-refractivity contribution in [3.05, 3.63) is 47.1 Å². The van der Waals surface area contributed by atoms with Gasteiger partial charge in [-0.05, 0) is 44.9 Å². The van der Waals surface area contributed by atoms with Crippen molar-refractivity contribution in [1.82, 2.24) is 0 Å². The molecule has 0 aromatic heterocycles. The fourth-order valence-corrected chi connectivity index (χ4v) is 3.14. The summed E-state index contributed by atoms with van der Waals surface area (Å²) in [5.41, 5.74) is 2.17. The molecule has 1 aliphatic heterocycles. The standard InChI is InChI=1S/C20H26O6/c1-11-5-6-15(22)13(3)10-17-18(14(4)20(24)26-17)16(9-11)25-19(23)12(2)7-8-21/h5,7,10,15-18,21-22H,4,6,8-9H2,1-3H3/b11-5+,12-7+,13-10+/t15-,16+,17+,18+/m0/s1. The fraction of sp³-hybridized carbons (Fsp3) is 0.500. The van der Waals surface area contributed by atoms with Crippen LogP contribution in [-0.4, -0.2) is 47.1 Å². The number of ether oxygens (including phenoxy) is 2. The lowest BCUT2D eigenvalue weighted by atomic mass is 9.85. The second-order valence-electron chi connectivity index (χ2n) is 6.85. The van der Waals surface area contributed by atoms with E-state index in [2.05, 4.69) is 6.58 Å². The number of carbonyl (C=O) groups excluding carboxylic acids is 2. The monoisotopic (exact) mass is 362 g/mol. The Morgan fingerprint density at radius 1 is 1.46 bits per heavy atom. The second kappa shape index (κ2) is 8.47. The Hall–Kier alpha value is -2.18. The molecule has 0 saturated carbocycles. The SMILES string of the molecule is C=C1C(=O)O[C@@H]2/C=C(\C)[C@@H](O)C/C=C(\C)C[C@@H](OC(=O)/C(C)=C/CO)[C@@H]12. The van der Waals surface area contributed by atoms with Crippen molar-refractivity contribution in [2.75, 3.05) is 6.61 Å². The van der Waals surface area contributed by atoms with Crippen molar-refractivity contribution < 1.29 is 29.3 Å². The maximum Gasteiger partial charge on any atom is 0.334 e. The lowest BCUT2D eigenvalue weighted by Gasteiger charge is -2.28. The molecule has 0 radical (unpaired) electrons. The van der Waals surface area contributed by atoms with Gasteiger partial charge in [0.2, 0.25) is 0 Å². The van der Waals surface area contributed by atoms with Gasteiger partial charge in [-0.15, -0.1) is 0 Å². The first-order valence-corrected chi connectivity index (χ1v) is 8.65. The Kier molecular flexibility index (Phi) is 6.56. The van der Waals surface area contributed by atoms with Crippen molar-refractivity contribution in [1.29, 1.82) is 0 Å². The molecule has 2 rings (SSSR count). The number of hydrogen-bond donors (Lipinski definition) is 2. The number of aliphatic hydroxyl groups is 2. The molecule has 142 valence electrons. The van der Waals surface area contributed by atoms with Crippen LogP contribution in [0.15, 0.2) is 47.1 Å². The van der Waals surface area contributed by atoms with Gasteiger partial charge in [0.1, 0.15) is 12.2 Å². The predicted molar refractivity (Wildman–Crippen MR) is 96.0 cm³/mol. The number of esters is 2.